The number of imide groups is 1. The third kappa shape index (κ3) is 3.54. The predicted octanol–water partition coefficient (Wildman–Crippen LogP) is 0.875. The summed E-state index contributed by atoms with van der Waals surface area (Å²) in [4.78, 5) is 25.6. The van der Waals surface area contributed by atoms with E-state index < -0.39 is 0 Å². The molecule has 0 aromatic carbocycles. The molecule has 1 aliphatic heterocycles. The summed E-state index contributed by atoms with van der Waals surface area (Å²) in [6.07, 6.45) is 1.51. The lowest BCUT2D eigenvalue weighted by molar-refractivity contribution is -0.143. The van der Waals surface area contributed by atoms with Crippen LogP contribution in [-0.2, 0) is 9.59 Å². The molecule has 1 fully saturated rings. The van der Waals surface area contributed by atoms with Crippen molar-refractivity contribution in [3.63, 3.8) is 0 Å². The van der Waals surface area contributed by atoms with Crippen LogP contribution < -0.4 is 11.1 Å². The number of nitrogens with two attached hydrogens (primary N) is 1. The molecule has 0 bridgehead atoms. The van der Waals surface area contributed by atoms with Crippen molar-refractivity contribution in [2.75, 3.05) is 6.54 Å². The molecule has 0 aliphatic carbocycles. The molecule has 3 N–H and O–H groups in total. The second-order valence-corrected chi connectivity index (χ2v) is 6.39. The van der Waals surface area contributed by atoms with Gasteiger partial charge in [0.15, 0.2) is 0 Å². The first-order valence-corrected chi connectivity index (χ1v) is 7.07. The summed E-state index contributed by atoms with van der Waals surface area (Å²) in [5.74, 6) is -0.427. The molecule has 3 atom stereocenters. The van der Waals surface area contributed by atoms with E-state index in [4.69, 9.17) is 5.73 Å². The van der Waals surface area contributed by atoms with Gasteiger partial charge in [0, 0.05) is 12.1 Å². The van der Waals surface area contributed by atoms with Crippen LogP contribution in [0.2, 0.25) is 0 Å². The zero-order valence-electron chi connectivity index (χ0n) is 12.7. The van der Waals surface area contributed by atoms with Crippen molar-refractivity contribution >= 4 is 11.8 Å². The van der Waals surface area contributed by atoms with Crippen LogP contribution in [0.5, 0.6) is 0 Å². The zero-order chi connectivity index (χ0) is 14.8. The van der Waals surface area contributed by atoms with Crippen LogP contribution in [0.1, 0.15) is 47.5 Å². The van der Waals surface area contributed by atoms with Crippen LogP contribution in [0.15, 0.2) is 0 Å². The highest BCUT2D eigenvalue weighted by atomic mass is 16.2. The van der Waals surface area contributed by atoms with Gasteiger partial charge in [0.05, 0.1) is 12.6 Å². The lowest BCUT2D eigenvalue weighted by atomic mass is 9.79. The topological polar surface area (TPSA) is 75.4 Å². The quantitative estimate of drug-likeness (QED) is 0.743. The molecule has 1 saturated heterocycles. The Morgan fingerprint density at radius 3 is 2.37 bits per heavy atom. The summed E-state index contributed by atoms with van der Waals surface area (Å²) in [6, 6.07) is -0.301. The van der Waals surface area contributed by atoms with Gasteiger partial charge in [0.25, 0.3) is 0 Å². The van der Waals surface area contributed by atoms with Crippen LogP contribution >= 0.6 is 0 Å². The molecular weight excluding hydrogens is 242 g/mol. The Bertz CT molecular complexity index is 349. The number of rotatable bonds is 4. The SMILES string of the molecule is CCC(N)C(N1CC(=O)NC(=O)C1CC)C(C)(C)C. The summed E-state index contributed by atoms with van der Waals surface area (Å²) in [5, 5.41) is 2.41. The first kappa shape index (κ1) is 16.1. The molecular formula is C14H27N3O2. The molecule has 1 aliphatic rings. The molecule has 5 nitrogen and oxygen atoms in total. The minimum atomic E-state index is -0.264. The minimum Gasteiger partial charge on any atom is -0.326 e. The van der Waals surface area contributed by atoms with E-state index in [0.29, 0.717) is 6.42 Å². The summed E-state index contributed by atoms with van der Waals surface area (Å²) >= 11 is 0. The third-order valence-electron chi connectivity index (χ3n) is 3.80. The number of piperazine rings is 1. The summed E-state index contributed by atoms with van der Waals surface area (Å²) in [6.45, 7) is 10.6. The summed E-state index contributed by atoms with van der Waals surface area (Å²) in [7, 11) is 0. The van der Waals surface area contributed by atoms with Crippen molar-refractivity contribution in [2.24, 2.45) is 11.1 Å². The highest BCUT2D eigenvalue weighted by molar-refractivity contribution is 6.01. The third-order valence-corrected chi connectivity index (χ3v) is 3.80. The van der Waals surface area contributed by atoms with E-state index in [1.54, 1.807) is 0 Å². The second kappa shape index (κ2) is 6.01. The van der Waals surface area contributed by atoms with E-state index in [1.807, 2.05) is 18.7 Å². The van der Waals surface area contributed by atoms with Crippen molar-refractivity contribution in [3.8, 4) is 0 Å². The van der Waals surface area contributed by atoms with Crippen LogP contribution in [0.4, 0.5) is 0 Å². The molecule has 2 amide bonds. The largest absolute Gasteiger partial charge is 0.326 e. The fraction of sp³-hybridized carbons (Fsp3) is 0.857. The normalized spacial score (nSPS) is 25.1. The molecule has 0 aromatic rings. The van der Waals surface area contributed by atoms with E-state index in [9.17, 15) is 9.59 Å². The number of nitrogens with one attached hydrogen (secondary N) is 1. The standard InChI is InChI=1S/C14H27N3O2/c1-6-9(15)12(14(3,4)5)17-8-11(18)16-13(19)10(17)7-2/h9-10,12H,6-8,15H2,1-5H3,(H,16,18,19). The maximum Gasteiger partial charge on any atom is 0.243 e. The molecule has 110 valence electrons. The van der Waals surface area contributed by atoms with Gasteiger partial charge < -0.3 is 5.73 Å². The van der Waals surface area contributed by atoms with Gasteiger partial charge in [-0.05, 0) is 18.3 Å². The second-order valence-electron chi connectivity index (χ2n) is 6.39. The van der Waals surface area contributed by atoms with Gasteiger partial charge in [-0.25, -0.2) is 0 Å². The Hall–Kier alpha value is -0.940. The Morgan fingerprint density at radius 2 is 1.95 bits per heavy atom. The number of hydrogen-bond acceptors (Lipinski definition) is 4. The minimum absolute atomic E-state index is 0.0115. The van der Waals surface area contributed by atoms with Gasteiger partial charge in [-0.1, -0.05) is 34.6 Å². The highest BCUT2D eigenvalue weighted by Gasteiger charge is 2.43. The average molecular weight is 269 g/mol. The summed E-state index contributed by atoms with van der Waals surface area (Å²) in [5.41, 5.74) is 6.17. The first-order chi connectivity index (χ1) is 8.72. The van der Waals surface area contributed by atoms with E-state index >= 15 is 0 Å². The van der Waals surface area contributed by atoms with Crippen LogP contribution in [0, 0.1) is 5.41 Å². The molecule has 5 heteroatoms. The first-order valence-electron chi connectivity index (χ1n) is 7.07. The number of amides is 2. The Labute approximate surface area is 115 Å². The van der Waals surface area contributed by atoms with Crippen LogP contribution in [0.25, 0.3) is 0 Å². The zero-order valence-corrected chi connectivity index (χ0v) is 12.7. The molecule has 0 aromatic heterocycles. The van der Waals surface area contributed by atoms with Crippen molar-refractivity contribution in [1.29, 1.82) is 0 Å². The monoisotopic (exact) mass is 269 g/mol. The van der Waals surface area contributed by atoms with Crippen molar-refractivity contribution in [2.45, 2.75) is 65.6 Å². The van der Waals surface area contributed by atoms with Gasteiger partial charge in [-0.15, -0.1) is 0 Å². The maximum atomic E-state index is 12.0. The lowest BCUT2D eigenvalue weighted by Crippen LogP contribution is -2.66. The molecule has 3 unspecified atom stereocenters. The molecule has 1 heterocycles. The fourth-order valence-electron chi connectivity index (χ4n) is 3.01. The molecule has 1 rings (SSSR count). The van der Waals surface area contributed by atoms with E-state index in [0.717, 1.165) is 6.42 Å². The van der Waals surface area contributed by atoms with Crippen LogP contribution in [-0.4, -0.2) is 41.4 Å². The number of carbonyl (C=O) groups excluding carboxylic acids is 2. The van der Waals surface area contributed by atoms with Gasteiger partial charge >= 0.3 is 0 Å². The maximum absolute atomic E-state index is 12.0. The van der Waals surface area contributed by atoms with Gasteiger partial charge in [0.1, 0.15) is 0 Å². The van der Waals surface area contributed by atoms with E-state index in [2.05, 4.69) is 26.1 Å². The highest BCUT2D eigenvalue weighted by Crippen LogP contribution is 2.30. The molecule has 0 saturated carbocycles. The Morgan fingerprint density at radius 1 is 1.37 bits per heavy atom. The van der Waals surface area contributed by atoms with Gasteiger partial charge in [-0.2, -0.15) is 0 Å². The molecule has 0 radical (unpaired) electrons. The molecule has 19 heavy (non-hydrogen) atoms. The predicted molar refractivity (Wildman–Crippen MR) is 75.4 cm³/mol. The van der Waals surface area contributed by atoms with E-state index in [-0.39, 0.29) is 41.9 Å². The van der Waals surface area contributed by atoms with Crippen LogP contribution in [0.3, 0.4) is 0 Å². The average Bonchev–Trinajstić information content (AvgIpc) is 2.26. The van der Waals surface area contributed by atoms with Crippen molar-refractivity contribution in [1.82, 2.24) is 10.2 Å². The fourth-order valence-corrected chi connectivity index (χ4v) is 3.01. The molecule has 0 spiro atoms. The van der Waals surface area contributed by atoms with Gasteiger partial charge in [0.2, 0.25) is 11.8 Å². The Kier molecular flexibility index (Phi) is 5.10. The van der Waals surface area contributed by atoms with E-state index in [1.165, 1.54) is 0 Å². The van der Waals surface area contributed by atoms with Gasteiger partial charge in [-0.3, -0.25) is 19.8 Å². The Balaban J connectivity index is 3.10. The van der Waals surface area contributed by atoms with Crippen molar-refractivity contribution in [3.05, 3.63) is 0 Å². The van der Waals surface area contributed by atoms with Crippen molar-refractivity contribution < 1.29 is 9.59 Å². The number of nitrogens with zero attached hydrogens (tertiary/aromatic N) is 1. The smallest absolute Gasteiger partial charge is 0.243 e. The lowest BCUT2D eigenvalue weighted by Gasteiger charge is -2.47. The summed E-state index contributed by atoms with van der Waals surface area (Å²) < 4.78 is 0. The number of hydrogen-bond donors (Lipinski definition) is 2. The number of carbonyl (C=O) groups is 2.